The molecule has 1 saturated carbocycles. The van der Waals surface area contributed by atoms with Crippen LogP contribution >= 0.6 is 0 Å². The van der Waals surface area contributed by atoms with Crippen LogP contribution < -0.4 is 5.90 Å². The van der Waals surface area contributed by atoms with E-state index in [1.165, 1.54) is 32.1 Å². The maximum atomic E-state index is 6.77. The third-order valence-corrected chi connectivity index (χ3v) is 2.22. The molecule has 0 aromatic rings. The first-order valence-corrected chi connectivity index (χ1v) is 4.26. The molecule has 1 aliphatic carbocycles. The summed E-state index contributed by atoms with van der Waals surface area (Å²) in [6, 6.07) is 0. The lowest BCUT2D eigenvalue weighted by Gasteiger charge is -2.15. The van der Waals surface area contributed by atoms with Gasteiger partial charge in [0.15, 0.2) is 0 Å². The fraction of sp³-hybridized carbons (Fsp3) is 1.00. The lowest BCUT2D eigenvalue weighted by molar-refractivity contribution is 0.0203. The molecule has 0 heterocycles. The van der Waals surface area contributed by atoms with Crippen molar-refractivity contribution in [2.75, 3.05) is 0 Å². The van der Waals surface area contributed by atoms with Gasteiger partial charge in [-0.05, 0) is 12.8 Å². The molecule has 1 N–H and O–H groups in total. The summed E-state index contributed by atoms with van der Waals surface area (Å²) >= 11 is 0. The highest BCUT2D eigenvalue weighted by Gasteiger charge is 2.09. The highest BCUT2D eigenvalue weighted by atomic mass is 16.6. The molecule has 0 atom stereocenters. The number of rotatable bonds is 1. The molecule has 2 nitrogen and oxygen atoms in total. The predicted octanol–water partition coefficient (Wildman–Crippen LogP) is 2.31. The standard InChI is InChI=1S/C8H16NO/c9-10-8-6-4-2-1-3-5-7-8/h8-9H,1-7H2. The minimum atomic E-state index is 0.236. The van der Waals surface area contributed by atoms with E-state index >= 15 is 0 Å². The zero-order valence-electron chi connectivity index (χ0n) is 6.44. The van der Waals surface area contributed by atoms with Crippen LogP contribution in [-0.2, 0) is 4.84 Å². The first kappa shape index (κ1) is 8.02. The summed E-state index contributed by atoms with van der Waals surface area (Å²) in [6.45, 7) is 0. The lowest BCUT2D eigenvalue weighted by Crippen LogP contribution is -2.12. The Bertz CT molecular complexity index is 77.3. The molecule has 0 aromatic heterocycles. The van der Waals surface area contributed by atoms with Gasteiger partial charge in [0.25, 0.3) is 0 Å². The van der Waals surface area contributed by atoms with Gasteiger partial charge in [-0.1, -0.05) is 32.1 Å². The van der Waals surface area contributed by atoms with Gasteiger partial charge in [-0.2, -0.15) is 0 Å². The Hall–Kier alpha value is -0.0800. The lowest BCUT2D eigenvalue weighted by atomic mass is 9.99. The number of hydrogen-bond acceptors (Lipinski definition) is 1. The van der Waals surface area contributed by atoms with Gasteiger partial charge in [-0.3, -0.25) is 4.84 Å². The Labute approximate surface area is 62.7 Å². The zero-order chi connectivity index (χ0) is 7.23. The summed E-state index contributed by atoms with van der Waals surface area (Å²) < 4.78 is 0. The van der Waals surface area contributed by atoms with Crippen LogP contribution in [0.4, 0.5) is 0 Å². The van der Waals surface area contributed by atoms with E-state index in [1.807, 2.05) is 0 Å². The molecule has 0 bridgehead atoms. The molecular formula is C8H16NO. The van der Waals surface area contributed by atoms with Crippen molar-refractivity contribution in [1.29, 1.82) is 0 Å². The molecular weight excluding hydrogens is 126 g/mol. The highest BCUT2D eigenvalue weighted by Crippen LogP contribution is 2.18. The third-order valence-electron chi connectivity index (χ3n) is 2.22. The summed E-state index contributed by atoms with van der Waals surface area (Å²) in [5, 5.41) is 0. The Balaban J connectivity index is 2.16. The van der Waals surface area contributed by atoms with Crippen molar-refractivity contribution in [1.82, 2.24) is 5.90 Å². The number of hydrogen-bond donors (Lipinski definition) is 0. The van der Waals surface area contributed by atoms with Crippen molar-refractivity contribution in [3.8, 4) is 0 Å². The van der Waals surface area contributed by atoms with Crippen molar-refractivity contribution in [3.63, 3.8) is 0 Å². The molecule has 0 aliphatic heterocycles. The molecule has 2 heteroatoms. The summed E-state index contributed by atoms with van der Waals surface area (Å²) in [5.41, 5.74) is 0. The van der Waals surface area contributed by atoms with Crippen LogP contribution in [0.15, 0.2) is 0 Å². The van der Waals surface area contributed by atoms with Crippen LogP contribution in [0.25, 0.3) is 0 Å². The van der Waals surface area contributed by atoms with Crippen LogP contribution in [0, 0.1) is 0 Å². The van der Waals surface area contributed by atoms with Crippen molar-refractivity contribution in [3.05, 3.63) is 0 Å². The van der Waals surface area contributed by atoms with E-state index in [9.17, 15) is 0 Å². The van der Waals surface area contributed by atoms with E-state index in [0.717, 1.165) is 12.8 Å². The smallest absolute Gasteiger partial charge is 0.0807 e. The van der Waals surface area contributed by atoms with Crippen molar-refractivity contribution < 1.29 is 4.84 Å². The average molecular weight is 142 g/mol. The molecule has 0 unspecified atom stereocenters. The molecule has 1 radical (unpaired) electrons. The summed E-state index contributed by atoms with van der Waals surface area (Å²) in [6.07, 6.45) is 8.99. The van der Waals surface area contributed by atoms with Gasteiger partial charge < -0.3 is 0 Å². The van der Waals surface area contributed by atoms with E-state index in [1.54, 1.807) is 0 Å². The average Bonchev–Trinajstić information content (AvgIpc) is 1.87. The molecule has 0 amide bonds. The summed E-state index contributed by atoms with van der Waals surface area (Å²) in [7, 11) is 0. The van der Waals surface area contributed by atoms with E-state index < -0.39 is 0 Å². The van der Waals surface area contributed by atoms with Crippen LogP contribution in [0.1, 0.15) is 44.9 Å². The second-order valence-corrected chi connectivity index (χ2v) is 3.08. The molecule has 0 spiro atoms. The maximum Gasteiger partial charge on any atom is 0.0807 e. The normalized spacial score (nSPS) is 23.7. The van der Waals surface area contributed by atoms with E-state index in [-0.39, 0.29) is 6.10 Å². The van der Waals surface area contributed by atoms with Crippen molar-refractivity contribution in [2.45, 2.75) is 51.0 Å². The minimum Gasteiger partial charge on any atom is -0.282 e. The van der Waals surface area contributed by atoms with Crippen molar-refractivity contribution in [2.24, 2.45) is 0 Å². The van der Waals surface area contributed by atoms with Gasteiger partial charge in [-0.15, -0.1) is 5.90 Å². The van der Waals surface area contributed by atoms with Gasteiger partial charge in [0.2, 0.25) is 0 Å². The quantitative estimate of drug-likeness (QED) is 0.517. The van der Waals surface area contributed by atoms with Gasteiger partial charge >= 0.3 is 0 Å². The molecule has 10 heavy (non-hydrogen) atoms. The molecule has 0 saturated heterocycles. The number of nitrogens with one attached hydrogen (secondary N) is 1. The highest BCUT2D eigenvalue weighted by molar-refractivity contribution is 4.61. The van der Waals surface area contributed by atoms with Crippen LogP contribution in [0.5, 0.6) is 0 Å². The topological polar surface area (TPSA) is 33.0 Å². The summed E-state index contributed by atoms with van der Waals surface area (Å²) in [4.78, 5) is 4.58. The Kier molecular flexibility index (Phi) is 3.76. The van der Waals surface area contributed by atoms with E-state index in [0.29, 0.717) is 0 Å². The molecule has 59 valence electrons. The summed E-state index contributed by atoms with van der Waals surface area (Å²) in [5.74, 6) is 6.77. The Morgan fingerprint density at radius 2 is 1.40 bits per heavy atom. The third kappa shape index (κ3) is 2.67. The van der Waals surface area contributed by atoms with Gasteiger partial charge in [0, 0.05) is 0 Å². The van der Waals surface area contributed by atoms with Gasteiger partial charge in [0.1, 0.15) is 0 Å². The molecule has 1 fully saturated rings. The largest absolute Gasteiger partial charge is 0.282 e. The second kappa shape index (κ2) is 4.69. The van der Waals surface area contributed by atoms with E-state index in [4.69, 9.17) is 5.90 Å². The van der Waals surface area contributed by atoms with Crippen LogP contribution in [0.3, 0.4) is 0 Å². The molecule has 1 aliphatic rings. The maximum absolute atomic E-state index is 6.77. The minimum absolute atomic E-state index is 0.236. The van der Waals surface area contributed by atoms with Crippen molar-refractivity contribution >= 4 is 0 Å². The fourth-order valence-corrected chi connectivity index (χ4v) is 1.54. The SMILES string of the molecule is [NH]OC1CCCCCCC1. The van der Waals surface area contributed by atoms with Gasteiger partial charge in [0.05, 0.1) is 6.10 Å². The second-order valence-electron chi connectivity index (χ2n) is 3.08. The van der Waals surface area contributed by atoms with Crippen LogP contribution in [0.2, 0.25) is 0 Å². The first-order chi connectivity index (χ1) is 4.93. The van der Waals surface area contributed by atoms with E-state index in [2.05, 4.69) is 4.84 Å². The Morgan fingerprint density at radius 3 is 1.90 bits per heavy atom. The first-order valence-electron chi connectivity index (χ1n) is 4.26. The molecule has 1 rings (SSSR count). The van der Waals surface area contributed by atoms with Crippen LogP contribution in [-0.4, -0.2) is 6.10 Å². The molecule has 0 aromatic carbocycles. The Morgan fingerprint density at radius 1 is 0.900 bits per heavy atom. The van der Waals surface area contributed by atoms with Gasteiger partial charge in [-0.25, -0.2) is 0 Å². The predicted molar refractivity (Wildman–Crippen MR) is 40.3 cm³/mol. The fourth-order valence-electron chi connectivity index (χ4n) is 1.54. The monoisotopic (exact) mass is 142 g/mol. The zero-order valence-corrected chi connectivity index (χ0v) is 6.44.